The van der Waals surface area contributed by atoms with E-state index >= 15 is 0 Å². The monoisotopic (exact) mass is 317 g/mol. The highest BCUT2D eigenvalue weighted by atomic mass is 16.5. The Hall–Kier alpha value is -3.52. The number of amides is 2. The first-order chi connectivity index (χ1) is 11.6. The zero-order valence-electron chi connectivity index (χ0n) is 13.0. The van der Waals surface area contributed by atoms with Gasteiger partial charge in [-0.1, -0.05) is 30.3 Å². The third kappa shape index (κ3) is 2.99. The molecule has 0 atom stereocenters. The van der Waals surface area contributed by atoms with Crippen molar-refractivity contribution >= 4 is 22.5 Å². The zero-order valence-corrected chi connectivity index (χ0v) is 13.0. The van der Waals surface area contributed by atoms with E-state index in [0.717, 1.165) is 16.3 Å². The number of carbonyl (C=O) groups excluding carboxylic acids is 1. The molecule has 0 saturated carbocycles. The van der Waals surface area contributed by atoms with Crippen molar-refractivity contribution < 1.29 is 9.53 Å². The van der Waals surface area contributed by atoms with Crippen LogP contribution in [0.15, 0.2) is 54.6 Å². The van der Waals surface area contributed by atoms with Crippen molar-refractivity contribution in [3.63, 3.8) is 0 Å². The van der Waals surface area contributed by atoms with E-state index in [4.69, 9.17) is 10.5 Å². The van der Waals surface area contributed by atoms with Crippen molar-refractivity contribution in [1.82, 2.24) is 0 Å². The Labute approximate surface area is 139 Å². The summed E-state index contributed by atoms with van der Waals surface area (Å²) >= 11 is 0. The number of benzene rings is 3. The summed E-state index contributed by atoms with van der Waals surface area (Å²) in [5.41, 5.74) is 7.22. The fraction of sp³-hybridized carbons (Fsp3) is 0.0526. The molecule has 3 aromatic rings. The highest BCUT2D eigenvalue weighted by molar-refractivity contribution is 5.93. The lowest BCUT2D eigenvalue weighted by molar-refractivity contribution is 0.259. The van der Waals surface area contributed by atoms with E-state index in [1.54, 1.807) is 24.3 Å². The van der Waals surface area contributed by atoms with Gasteiger partial charge in [0, 0.05) is 22.5 Å². The van der Waals surface area contributed by atoms with Crippen molar-refractivity contribution in [2.75, 3.05) is 5.32 Å². The summed E-state index contributed by atoms with van der Waals surface area (Å²) in [7, 11) is 0. The average Bonchev–Trinajstić information content (AvgIpc) is 2.57. The van der Waals surface area contributed by atoms with Crippen molar-refractivity contribution in [3.05, 3.63) is 65.7 Å². The number of rotatable bonds is 3. The highest BCUT2D eigenvalue weighted by Crippen LogP contribution is 2.34. The molecular formula is C19H15N3O2. The van der Waals surface area contributed by atoms with Crippen molar-refractivity contribution in [1.29, 1.82) is 5.26 Å². The molecule has 0 radical (unpaired) electrons. The number of primary amides is 1. The Morgan fingerprint density at radius 2 is 1.83 bits per heavy atom. The number of hydrogen-bond donors (Lipinski definition) is 2. The average molecular weight is 317 g/mol. The Bertz CT molecular complexity index is 974. The number of carbonyl (C=O) groups is 1. The summed E-state index contributed by atoms with van der Waals surface area (Å²) in [6, 6.07) is 17.9. The van der Waals surface area contributed by atoms with Crippen LogP contribution in [0.5, 0.6) is 11.5 Å². The zero-order chi connectivity index (χ0) is 17.1. The molecule has 0 fully saturated rings. The maximum Gasteiger partial charge on any atom is 0.316 e. The van der Waals surface area contributed by atoms with Crippen LogP contribution >= 0.6 is 0 Å². The minimum Gasteiger partial charge on any atom is -0.456 e. The van der Waals surface area contributed by atoms with Crippen LogP contribution in [0.1, 0.15) is 11.1 Å². The van der Waals surface area contributed by atoms with Crippen LogP contribution in [-0.2, 0) is 0 Å². The number of aryl methyl sites for hydroxylation is 1. The van der Waals surface area contributed by atoms with Crippen LogP contribution in [-0.4, -0.2) is 6.03 Å². The largest absolute Gasteiger partial charge is 0.456 e. The molecule has 2 amide bonds. The standard InChI is InChI=1S/C19H15N3O2/c1-12-6-8-14(22-19(21)23)10-18(12)24-17-9-7-13(11-20)15-4-2-3-5-16(15)17/h2-10H,1H3,(H3,21,22,23). The molecule has 3 aromatic carbocycles. The molecule has 0 saturated heterocycles. The summed E-state index contributed by atoms with van der Waals surface area (Å²) < 4.78 is 6.04. The summed E-state index contributed by atoms with van der Waals surface area (Å²) in [5.74, 6) is 1.25. The molecule has 118 valence electrons. The predicted molar refractivity (Wildman–Crippen MR) is 93.1 cm³/mol. The third-order valence-electron chi connectivity index (χ3n) is 3.68. The summed E-state index contributed by atoms with van der Waals surface area (Å²) in [5, 5.41) is 13.5. The Kier molecular flexibility index (Phi) is 4.04. The van der Waals surface area contributed by atoms with Gasteiger partial charge < -0.3 is 15.8 Å². The normalized spacial score (nSPS) is 10.2. The number of hydrogen-bond acceptors (Lipinski definition) is 3. The van der Waals surface area contributed by atoms with Gasteiger partial charge in [0.05, 0.1) is 11.6 Å². The number of urea groups is 1. The molecular weight excluding hydrogens is 302 g/mol. The fourth-order valence-electron chi connectivity index (χ4n) is 2.51. The second-order valence-electron chi connectivity index (χ2n) is 5.34. The van der Waals surface area contributed by atoms with E-state index < -0.39 is 6.03 Å². The highest BCUT2D eigenvalue weighted by Gasteiger charge is 2.10. The first-order valence-corrected chi connectivity index (χ1v) is 7.35. The van der Waals surface area contributed by atoms with Gasteiger partial charge >= 0.3 is 6.03 Å². The number of nitrogens with zero attached hydrogens (tertiary/aromatic N) is 1. The van der Waals surface area contributed by atoms with E-state index in [1.165, 1.54) is 0 Å². The van der Waals surface area contributed by atoms with Gasteiger partial charge in [-0.25, -0.2) is 4.79 Å². The lowest BCUT2D eigenvalue weighted by atomic mass is 10.0. The third-order valence-corrected chi connectivity index (χ3v) is 3.68. The van der Waals surface area contributed by atoms with E-state index in [-0.39, 0.29) is 0 Å². The minimum absolute atomic E-state index is 0.557. The van der Waals surface area contributed by atoms with E-state index in [0.29, 0.717) is 22.7 Å². The molecule has 0 bridgehead atoms. The molecule has 5 nitrogen and oxygen atoms in total. The summed E-state index contributed by atoms with van der Waals surface area (Å²) in [6.45, 7) is 1.91. The molecule has 3 rings (SSSR count). The lowest BCUT2D eigenvalue weighted by Gasteiger charge is -2.13. The number of ether oxygens (including phenoxy) is 1. The lowest BCUT2D eigenvalue weighted by Crippen LogP contribution is -2.19. The molecule has 3 N–H and O–H groups in total. The summed E-state index contributed by atoms with van der Waals surface area (Å²) in [4.78, 5) is 11.0. The number of anilines is 1. The quantitative estimate of drug-likeness (QED) is 0.754. The molecule has 24 heavy (non-hydrogen) atoms. The topological polar surface area (TPSA) is 88.1 Å². The number of nitrogens with one attached hydrogen (secondary N) is 1. The van der Waals surface area contributed by atoms with Gasteiger partial charge in [0.25, 0.3) is 0 Å². The van der Waals surface area contributed by atoms with Gasteiger partial charge in [-0.2, -0.15) is 5.26 Å². The Morgan fingerprint density at radius 3 is 2.54 bits per heavy atom. The molecule has 0 aliphatic rings. The van der Waals surface area contributed by atoms with Crippen LogP contribution < -0.4 is 15.8 Å². The second kappa shape index (κ2) is 6.31. The van der Waals surface area contributed by atoms with Gasteiger partial charge in [-0.3, -0.25) is 0 Å². The van der Waals surface area contributed by atoms with Crippen molar-refractivity contribution in [2.45, 2.75) is 6.92 Å². The fourth-order valence-corrected chi connectivity index (χ4v) is 2.51. The number of nitrogens with two attached hydrogens (primary N) is 1. The van der Waals surface area contributed by atoms with Crippen LogP contribution in [0.25, 0.3) is 10.8 Å². The smallest absolute Gasteiger partial charge is 0.316 e. The first kappa shape index (κ1) is 15.4. The van der Waals surface area contributed by atoms with E-state index in [9.17, 15) is 10.1 Å². The molecule has 0 unspecified atom stereocenters. The predicted octanol–water partition coefficient (Wildman–Crippen LogP) is 4.30. The summed E-state index contributed by atoms with van der Waals surface area (Å²) in [6.07, 6.45) is 0. The molecule has 5 heteroatoms. The van der Waals surface area contributed by atoms with Gasteiger partial charge in [0.2, 0.25) is 0 Å². The van der Waals surface area contributed by atoms with Crippen molar-refractivity contribution in [3.8, 4) is 17.6 Å². The van der Waals surface area contributed by atoms with Crippen LogP contribution in [0.4, 0.5) is 10.5 Å². The minimum atomic E-state index is -0.631. The molecule has 0 aliphatic carbocycles. The molecule has 0 heterocycles. The van der Waals surface area contributed by atoms with E-state index in [1.807, 2.05) is 37.3 Å². The maximum atomic E-state index is 11.0. The van der Waals surface area contributed by atoms with E-state index in [2.05, 4.69) is 11.4 Å². The van der Waals surface area contributed by atoms with Crippen molar-refractivity contribution in [2.24, 2.45) is 5.73 Å². The SMILES string of the molecule is Cc1ccc(NC(N)=O)cc1Oc1ccc(C#N)c2ccccc12. The van der Waals surface area contributed by atoms with Crippen LogP contribution in [0.2, 0.25) is 0 Å². The Morgan fingerprint density at radius 1 is 1.08 bits per heavy atom. The Balaban J connectivity index is 2.05. The van der Waals surface area contributed by atoms with Gasteiger partial charge in [-0.05, 0) is 30.7 Å². The first-order valence-electron chi connectivity index (χ1n) is 7.35. The molecule has 0 spiro atoms. The van der Waals surface area contributed by atoms with Gasteiger partial charge in [0.1, 0.15) is 11.5 Å². The molecule has 0 aromatic heterocycles. The molecule has 0 aliphatic heterocycles. The van der Waals surface area contributed by atoms with Crippen LogP contribution in [0.3, 0.4) is 0 Å². The van der Waals surface area contributed by atoms with Gasteiger partial charge in [-0.15, -0.1) is 0 Å². The second-order valence-corrected chi connectivity index (χ2v) is 5.34. The van der Waals surface area contributed by atoms with Crippen LogP contribution in [0, 0.1) is 18.3 Å². The maximum absolute atomic E-state index is 11.0. The number of fused-ring (bicyclic) bond motifs is 1. The van der Waals surface area contributed by atoms with Gasteiger partial charge in [0.15, 0.2) is 0 Å². The number of nitriles is 1.